The van der Waals surface area contributed by atoms with E-state index in [0.29, 0.717) is 31.1 Å². The number of amides is 2. The first kappa shape index (κ1) is 22.6. The minimum Gasteiger partial charge on any atom is -0.350 e. The Bertz CT molecular complexity index is 821. The van der Waals surface area contributed by atoms with Gasteiger partial charge in [-0.3, -0.25) is 9.59 Å². The largest absolute Gasteiger partial charge is 0.350 e. The zero-order valence-electron chi connectivity index (χ0n) is 15.8. The fourth-order valence-corrected chi connectivity index (χ4v) is 4.66. The van der Waals surface area contributed by atoms with E-state index in [-0.39, 0.29) is 48.2 Å². The molecule has 156 valence electrons. The number of rotatable bonds is 6. The van der Waals surface area contributed by atoms with Gasteiger partial charge in [0.2, 0.25) is 15.9 Å². The van der Waals surface area contributed by atoms with E-state index in [0.717, 1.165) is 12.8 Å². The zero-order chi connectivity index (χ0) is 19.6. The first-order valence-corrected chi connectivity index (χ1v) is 10.6. The second-order valence-electron chi connectivity index (χ2n) is 7.15. The highest BCUT2D eigenvalue weighted by Crippen LogP contribution is 2.31. The van der Waals surface area contributed by atoms with Gasteiger partial charge in [-0.2, -0.15) is 4.31 Å². The molecule has 3 rings (SSSR count). The lowest BCUT2D eigenvalue weighted by Gasteiger charge is -2.33. The van der Waals surface area contributed by atoms with E-state index in [4.69, 9.17) is 5.73 Å². The number of sulfonamides is 1. The molecule has 0 radical (unpaired) electrons. The van der Waals surface area contributed by atoms with Gasteiger partial charge in [0.1, 0.15) is 0 Å². The Kier molecular flexibility index (Phi) is 7.44. The van der Waals surface area contributed by atoms with Crippen LogP contribution in [-0.4, -0.2) is 68.2 Å². The van der Waals surface area contributed by atoms with Crippen LogP contribution in [0.5, 0.6) is 0 Å². The quantitative estimate of drug-likeness (QED) is 0.679. The summed E-state index contributed by atoms with van der Waals surface area (Å²) in [5.74, 6) is 0.0883. The minimum absolute atomic E-state index is 0. The second-order valence-corrected chi connectivity index (χ2v) is 9.09. The van der Waals surface area contributed by atoms with Crippen LogP contribution in [-0.2, 0) is 14.8 Å². The summed E-state index contributed by atoms with van der Waals surface area (Å²) >= 11 is 0. The van der Waals surface area contributed by atoms with E-state index >= 15 is 0 Å². The molecule has 1 saturated heterocycles. The number of halogens is 1. The van der Waals surface area contributed by atoms with E-state index in [2.05, 4.69) is 5.32 Å². The van der Waals surface area contributed by atoms with Crippen molar-refractivity contribution in [2.75, 3.05) is 32.7 Å². The summed E-state index contributed by atoms with van der Waals surface area (Å²) in [7, 11) is -3.71. The molecule has 1 unspecified atom stereocenters. The smallest absolute Gasteiger partial charge is 0.251 e. The summed E-state index contributed by atoms with van der Waals surface area (Å²) in [6.45, 7) is 3.08. The zero-order valence-corrected chi connectivity index (χ0v) is 17.5. The normalized spacial score (nSPS) is 18.9. The predicted octanol–water partition coefficient (Wildman–Crippen LogP) is 0.428. The van der Waals surface area contributed by atoms with Crippen molar-refractivity contribution < 1.29 is 18.0 Å². The number of carbonyl (C=O) groups excluding carboxylic acids is 2. The first-order chi connectivity index (χ1) is 12.8. The van der Waals surface area contributed by atoms with Crippen LogP contribution in [0.15, 0.2) is 29.2 Å². The number of hydrogen-bond acceptors (Lipinski definition) is 5. The van der Waals surface area contributed by atoms with Crippen molar-refractivity contribution in [1.29, 1.82) is 0 Å². The molecular weight excluding hydrogens is 404 g/mol. The van der Waals surface area contributed by atoms with Crippen LogP contribution in [0.4, 0.5) is 0 Å². The van der Waals surface area contributed by atoms with E-state index < -0.39 is 10.0 Å². The Morgan fingerprint density at radius 1 is 1.21 bits per heavy atom. The summed E-state index contributed by atoms with van der Waals surface area (Å²) in [5.41, 5.74) is 6.28. The fraction of sp³-hybridized carbons (Fsp3) is 0.556. The summed E-state index contributed by atoms with van der Waals surface area (Å²) in [4.78, 5) is 25.5. The van der Waals surface area contributed by atoms with Crippen LogP contribution in [0.3, 0.4) is 0 Å². The SMILES string of the molecule is CC(=O)N1CCN(S(=O)(=O)c2cccc(C(=O)NCC(N)C3CC3)c2)CC1.Cl. The molecule has 28 heavy (non-hydrogen) atoms. The Morgan fingerprint density at radius 3 is 2.43 bits per heavy atom. The van der Waals surface area contributed by atoms with Crippen molar-refractivity contribution in [3.63, 3.8) is 0 Å². The maximum Gasteiger partial charge on any atom is 0.251 e. The lowest BCUT2D eigenvalue weighted by atomic mass is 10.2. The standard InChI is InChI=1S/C18H26N4O4S.ClH/c1-13(23)21-7-9-22(10-8-21)27(25,26)16-4-2-3-15(11-16)18(24)20-12-17(19)14-5-6-14;/h2-4,11,14,17H,5-10,12,19H2,1H3,(H,20,24);1H. The van der Waals surface area contributed by atoms with Gasteiger partial charge in [0.25, 0.3) is 5.91 Å². The van der Waals surface area contributed by atoms with Gasteiger partial charge in [-0.15, -0.1) is 12.4 Å². The summed E-state index contributed by atoms with van der Waals surface area (Å²) in [6.07, 6.45) is 2.20. The van der Waals surface area contributed by atoms with Gasteiger partial charge in [0.15, 0.2) is 0 Å². The van der Waals surface area contributed by atoms with Gasteiger partial charge in [0, 0.05) is 51.3 Å². The Balaban J connectivity index is 0.00000280. The molecule has 0 spiro atoms. The Morgan fingerprint density at radius 2 is 1.86 bits per heavy atom. The molecule has 0 bridgehead atoms. The molecule has 1 aromatic carbocycles. The van der Waals surface area contributed by atoms with Crippen LogP contribution >= 0.6 is 12.4 Å². The molecule has 1 aromatic rings. The lowest BCUT2D eigenvalue weighted by Crippen LogP contribution is -2.49. The molecule has 1 heterocycles. The van der Waals surface area contributed by atoms with E-state index in [1.807, 2.05) is 0 Å². The van der Waals surface area contributed by atoms with Crippen molar-refractivity contribution in [3.8, 4) is 0 Å². The van der Waals surface area contributed by atoms with Gasteiger partial charge in [-0.05, 0) is 37.0 Å². The molecule has 1 aliphatic carbocycles. The van der Waals surface area contributed by atoms with E-state index in [1.165, 1.54) is 23.4 Å². The highest BCUT2D eigenvalue weighted by molar-refractivity contribution is 7.89. The van der Waals surface area contributed by atoms with Crippen molar-refractivity contribution in [2.24, 2.45) is 11.7 Å². The summed E-state index contributed by atoms with van der Waals surface area (Å²) in [5, 5.41) is 2.78. The number of nitrogens with one attached hydrogen (secondary N) is 1. The predicted molar refractivity (Wildman–Crippen MR) is 108 cm³/mol. The third-order valence-electron chi connectivity index (χ3n) is 5.14. The topological polar surface area (TPSA) is 113 Å². The molecule has 3 N–H and O–H groups in total. The van der Waals surface area contributed by atoms with Crippen LogP contribution in [0, 0.1) is 5.92 Å². The minimum atomic E-state index is -3.71. The third-order valence-corrected chi connectivity index (χ3v) is 7.04. The van der Waals surface area contributed by atoms with Crippen molar-refractivity contribution in [2.45, 2.75) is 30.7 Å². The first-order valence-electron chi connectivity index (χ1n) is 9.18. The summed E-state index contributed by atoms with van der Waals surface area (Å²) in [6, 6.07) is 5.97. The van der Waals surface area contributed by atoms with Gasteiger partial charge >= 0.3 is 0 Å². The number of benzene rings is 1. The Labute approximate surface area is 171 Å². The van der Waals surface area contributed by atoms with E-state index in [9.17, 15) is 18.0 Å². The van der Waals surface area contributed by atoms with Gasteiger partial charge < -0.3 is 16.0 Å². The molecule has 10 heteroatoms. The average Bonchev–Trinajstić information content (AvgIpc) is 3.51. The van der Waals surface area contributed by atoms with Crippen LogP contribution < -0.4 is 11.1 Å². The molecular formula is C18H27ClN4O4S. The second kappa shape index (κ2) is 9.21. The van der Waals surface area contributed by atoms with Gasteiger partial charge in [-0.25, -0.2) is 8.42 Å². The molecule has 2 aliphatic rings. The third kappa shape index (κ3) is 5.22. The number of nitrogens with zero attached hydrogens (tertiary/aromatic N) is 2. The highest BCUT2D eigenvalue weighted by atomic mass is 35.5. The maximum atomic E-state index is 12.9. The molecule has 2 amide bonds. The molecule has 2 fully saturated rings. The van der Waals surface area contributed by atoms with Crippen molar-refractivity contribution in [1.82, 2.24) is 14.5 Å². The fourth-order valence-electron chi connectivity index (χ4n) is 3.19. The van der Waals surface area contributed by atoms with Gasteiger partial charge in [0.05, 0.1) is 4.90 Å². The van der Waals surface area contributed by atoms with Crippen LogP contribution in [0.1, 0.15) is 30.1 Å². The van der Waals surface area contributed by atoms with E-state index in [1.54, 1.807) is 17.0 Å². The molecule has 1 saturated carbocycles. The average molecular weight is 431 g/mol. The van der Waals surface area contributed by atoms with Crippen molar-refractivity contribution >= 4 is 34.2 Å². The molecule has 0 aromatic heterocycles. The molecule has 8 nitrogen and oxygen atoms in total. The number of carbonyl (C=O) groups is 2. The number of nitrogens with two attached hydrogens (primary N) is 1. The van der Waals surface area contributed by atoms with Crippen LogP contribution in [0.25, 0.3) is 0 Å². The van der Waals surface area contributed by atoms with Gasteiger partial charge in [-0.1, -0.05) is 6.07 Å². The number of hydrogen-bond donors (Lipinski definition) is 2. The molecule has 1 atom stereocenters. The van der Waals surface area contributed by atoms with Crippen LogP contribution in [0.2, 0.25) is 0 Å². The lowest BCUT2D eigenvalue weighted by molar-refractivity contribution is -0.129. The molecule has 1 aliphatic heterocycles. The highest BCUT2D eigenvalue weighted by Gasteiger charge is 2.30. The monoisotopic (exact) mass is 430 g/mol. The van der Waals surface area contributed by atoms with Crippen molar-refractivity contribution in [3.05, 3.63) is 29.8 Å². The Hall–Kier alpha value is -1.68. The number of piperazine rings is 1. The summed E-state index contributed by atoms with van der Waals surface area (Å²) < 4.78 is 27.1. The maximum absolute atomic E-state index is 12.9.